The van der Waals surface area contributed by atoms with Gasteiger partial charge in [-0.2, -0.15) is 18.3 Å². The van der Waals surface area contributed by atoms with Crippen LogP contribution >= 0.6 is 11.6 Å². The molecule has 2 aliphatic rings. The van der Waals surface area contributed by atoms with E-state index in [2.05, 4.69) is 25.7 Å². The van der Waals surface area contributed by atoms with Gasteiger partial charge < -0.3 is 25.4 Å². The van der Waals surface area contributed by atoms with Crippen molar-refractivity contribution in [1.29, 1.82) is 0 Å². The molecule has 0 spiro atoms. The number of hydrogen-bond donors (Lipinski definition) is 4. The predicted molar refractivity (Wildman–Crippen MR) is 152 cm³/mol. The van der Waals surface area contributed by atoms with Gasteiger partial charge in [0.25, 0.3) is 11.8 Å². The van der Waals surface area contributed by atoms with Gasteiger partial charge >= 0.3 is 6.18 Å². The van der Waals surface area contributed by atoms with E-state index in [9.17, 15) is 36.3 Å². The maximum absolute atomic E-state index is 13.4. The smallest absolute Gasteiger partial charge is 0.339 e. The lowest BCUT2D eigenvalue weighted by Gasteiger charge is -2.37. The van der Waals surface area contributed by atoms with Crippen LogP contribution in [-0.4, -0.2) is 93.4 Å². The summed E-state index contributed by atoms with van der Waals surface area (Å²) in [4.78, 5) is 48.7. The van der Waals surface area contributed by atoms with Crippen molar-refractivity contribution in [2.45, 2.75) is 38.3 Å². The Morgan fingerprint density at radius 1 is 1.07 bits per heavy atom. The number of nitrogens with one attached hydrogen (secondary N) is 4. The van der Waals surface area contributed by atoms with Crippen molar-refractivity contribution >= 4 is 35.0 Å². The number of piperidine rings is 1. The van der Waals surface area contributed by atoms with Gasteiger partial charge in [-0.15, -0.1) is 0 Å². The Labute approximate surface area is 258 Å². The standard InChI is InChI=1S/C28H30ClF5N8O3/c29-20-12-16(1-2-18(20)27(45)42-9-7-41(8-10-42)26(44)15-3-5-35-6-4-15)38-25(43)24-36-14-17(37-24)11-19-21(13-22(30)31)39-40-23(19)28(32,33)34/h1-2,12,14-15,22,35H,3-11,13H2,(H,36,37)(H,38,43)(H,39,40). The fourth-order valence-corrected chi connectivity index (χ4v) is 5.75. The number of piperazine rings is 1. The highest BCUT2D eigenvalue weighted by molar-refractivity contribution is 6.34. The quantitative estimate of drug-likeness (QED) is 0.273. The monoisotopic (exact) mass is 656 g/mol. The Bertz CT molecular complexity index is 1540. The molecule has 0 radical (unpaired) electrons. The van der Waals surface area contributed by atoms with Gasteiger partial charge in [-0.05, 0) is 44.1 Å². The van der Waals surface area contributed by atoms with Gasteiger partial charge in [-0.25, -0.2) is 13.8 Å². The minimum atomic E-state index is -4.88. The van der Waals surface area contributed by atoms with E-state index in [4.69, 9.17) is 11.6 Å². The van der Waals surface area contributed by atoms with Crippen molar-refractivity contribution in [2.24, 2.45) is 5.92 Å². The van der Waals surface area contributed by atoms with E-state index in [1.807, 2.05) is 5.10 Å². The molecule has 4 N–H and O–H groups in total. The van der Waals surface area contributed by atoms with Gasteiger partial charge in [-0.1, -0.05) is 11.6 Å². The number of H-pyrrole nitrogens is 2. The highest BCUT2D eigenvalue weighted by Gasteiger charge is 2.38. The molecule has 0 aliphatic carbocycles. The number of rotatable bonds is 8. The summed E-state index contributed by atoms with van der Waals surface area (Å²) < 4.78 is 66.0. The van der Waals surface area contributed by atoms with Crippen molar-refractivity contribution in [3.05, 3.63) is 63.5 Å². The second-order valence-electron chi connectivity index (χ2n) is 10.8. The van der Waals surface area contributed by atoms with Gasteiger partial charge in [0.1, 0.15) is 0 Å². The molecule has 2 aliphatic heterocycles. The normalized spacial score (nSPS) is 16.3. The number of carbonyl (C=O) groups excluding carboxylic acids is 3. The minimum Gasteiger partial charge on any atom is -0.339 e. The highest BCUT2D eigenvalue weighted by Crippen LogP contribution is 2.33. The van der Waals surface area contributed by atoms with Crippen molar-refractivity contribution in [3.63, 3.8) is 0 Å². The first-order chi connectivity index (χ1) is 21.4. The van der Waals surface area contributed by atoms with Gasteiger partial charge in [-0.3, -0.25) is 19.5 Å². The fraction of sp³-hybridized carbons (Fsp3) is 0.464. The fourth-order valence-electron chi connectivity index (χ4n) is 5.49. The summed E-state index contributed by atoms with van der Waals surface area (Å²) >= 11 is 6.39. The average molecular weight is 657 g/mol. The molecular formula is C28H30ClF5N8O3. The van der Waals surface area contributed by atoms with Crippen LogP contribution in [0.3, 0.4) is 0 Å². The van der Waals surface area contributed by atoms with Crippen LogP contribution in [0.4, 0.5) is 27.6 Å². The van der Waals surface area contributed by atoms with Gasteiger partial charge in [0.05, 0.1) is 17.0 Å². The number of amides is 3. The number of imidazole rings is 1. The molecule has 2 aromatic heterocycles. The van der Waals surface area contributed by atoms with Crippen LogP contribution in [0.15, 0.2) is 24.4 Å². The largest absolute Gasteiger partial charge is 0.435 e. The molecule has 3 aromatic rings. The Morgan fingerprint density at radius 3 is 2.40 bits per heavy atom. The summed E-state index contributed by atoms with van der Waals surface area (Å²) in [6, 6.07) is 4.31. The Balaban J connectivity index is 1.19. The molecule has 17 heteroatoms. The van der Waals surface area contributed by atoms with E-state index >= 15 is 0 Å². The second-order valence-corrected chi connectivity index (χ2v) is 11.3. The molecule has 0 bridgehead atoms. The van der Waals surface area contributed by atoms with Crippen molar-refractivity contribution in [3.8, 4) is 0 Å². The average Bonchev–Trinajstić information content (AvgIpc) is 3.64. The molecule has 242 valence electrons. The van der Waals surface area contributed by atoms with Crippen LogP contribution in [0, 0.1) is 5.92 Å². The number of halogens is 6. The number of aromatic amines is 2. The van der Waals surface area contributed by atoms with Crippen molar-refractivity contribution in [2.75, 3.05) is 44.6 Å². The third-order valence-corrected chi connectivity index (χ3v) is 8.13. The molecule has 0 saturated carbocycles. The number of hydrogen-bond acceptors (Lipinski definition) is 6. The Hall–Kier alpha value is -4.05. The SMILES string of the molecule is O=C(Nc1ccc(C(=O)N2CCN(C(=O)C3CCNCC3)CC2)c(Cl)c1)c1ncc(Cc2c(C(F)(F)F)n[nH]c2CC(F)F)[nH]1. The highest BCUT2D eigenvalue weighted by atomic mass is 35.5. The number of alkyl halides is 5. The zero-order valence-electron chi connectivity index (χ0n) is 23.8. The van der Waals surface area contributed by atoms with Crippen LogP contribution in [-0.2, 0) is 23.8 Å². The number of nitrogens with zero attached hydrogens (tertiary/aromatic N) is 4. The van der Waals surface area contributed by atoms with Crippen LogP contribution in [0.25, 0.3) is 0 Å². The first-order valence-corrected chi connectivity index (χ1v) is 14.6. The summed E-state index contributed by atoms with van der Waals surface area (Å²) in [5, 5.41) is 11.1. The van der Waals surface area contributed by atoms with E-state index in [0.29, 0.717) is 26.2 Å². The van der Waals surface area contributed by atoms with Gasteiger partial charge in [0, 0.05) is 67.4 Å². The van der Waals surface area contributed by atoms with E-state index in [0.717, 1.165) is 32.1 Å². The van der Waals surface area contributed by atoms with E-state index in [-0.39, 0.29) is 51.2 Å². The van der Waals surface area contributed by atoms with Gasteiger partial charge in [0.2, 0.25) is 12.3 Å². The molecule has 0 atom stereocenters. The molecule has 2 saturated heterocycles. The summed E-state index contributed by atoms with van der Waals surface area (Å²) in [5.74, 6) is -1.18. The topological polar surface area (TPSA) is 139 Å². The summed E-state index contributed by atoms with van der Waals surface area (Å²) in [5.41, 5.74) is -1.65. The molecule has 3 amide bonds. The molecule has 1 aromatic carbocycles. The minimum absolute atomic E-state index is 0.00273. The number of aromatic nitrogens is 4. The van der Waals surface area contributed by atoms with E-state index in [1.165, 1.54) is 18.2 Å². The van der Waals surface area contributed by atoms with Crippen LogP contribution < -0.4 is 10.6 Å². The molecular weight excluding hydrogens is 627 g/mol. The third kappa shape index (κ3) is 7.61. The first-order valence-electron chi connectivity index (χ1n) is 14.3. The first kappa shape index (κ1) is 32.3. The maximum Gasteiger partial charge on any atom is 0.435 e. The second kappa shape index (κ2) is 13.5. The number of anilines is 1. The lowest BCUT2D eigenvalue weighted by Crippen LogP contribution is -2.52. The lowest BCUT2D eigenvalue weighted by molar-refractivity contribution is -0.141. The molecule has 0 unspecified atom stereocenters. The predicted octanol–water partition coefficient (Wildman–Crippen LogP) is 3.74. The zero-order valence-corrected chi connectivity index (χ0v) is 24.6. The third-order valence-electron chi connectivity index (χ3n) is 7.81. The molecule has 5 rings (SSSR count). The molecule has 2 fully saturated rings. The zero-order chi connectivity index (χ0) is 32.3. The summed E-state index contributed by atoms with van der Waals surface area (Å²) in [6.45, 7) is 3.21. The Morgan fingerprint density at radius 2 is 1.76 bits per heavy atom. The van der Waals surface area contributed by atoms with E-state index < -0.39 is 42.6 Å². The van der Waals surface area contributed by atoms with E-state index in [1.54, 1.807) is 9.80 Å². The Kier molecular flexibility index (Phi) is 9.72. The number of benzene rings is 1. The van der Waals surface area contributed by atoms with Gasteiger partial charge in [0.15, 0.2) is 11.5 Å². The molecule has 4 heterocycles. The van der Waals surface area contributed by atoms with Crippen LogP contribution in [0.2, 0.25) is 5.02 Å². The van der Waals surface area contributed by atoms with Crippen molar-refractivity contribution in [1.82, 2.24) is 35.3 Å². The summed E-state index contributed by atoms with van der Waals surface area (Å²) in [6.07, 6.45) is -6.47. The van der Waals surface area contributed by atoms with Crippen molar-refractivity contribution < 1.29 is 36.3 Å². The number of carbonyl (C=O) groups is 3. The van der Waals surface area contributed by atoms with Crippen LogP contribution in [0.1, 0.15) is 56.5 Å². The summed E-state index contributed by atoms with van der Waals surface area (Å²) in [7, 11) is 0. The lowest BCUT2D eigenvalue weighted by atomic mass is 9.96. The molecule has 11 nitrogen and oxygen atoms in total. The maximum atomic E-state index is 13.4. The van der Waals surface area contributed by atoms with Crippen LogP contribution in [0.5, 0.6) is 0 Å². The molecule has 45 heavy (non-hydrogen) atoms.